The van der Waals surface area contributed by atoms with E-state index in [1.165, 1.54) is 24.3 Å². The third-order valence-corrected chi connectivity index (χ3v) is 3.70. The molecule has 0 aliphatic heterocycles. The average Bonchev–Trinajstić information content (AvgIpc) is 2.70. The van der Waals surface area contributed by atoms with Gasteiger partial charge in [0.15, 0.2) is 5.96 Å². The SMILES string of the molecule is CN=C(NCC(=O)Nc1ccc(F)cc1)NCC(C)Oc1cccc(OC)c1.I. The van der Waals surface area contributed by atoms with E-state index in [0.717, 1.165) is 5.75 Å². The van der Waals surface area contributed by atoms with Crippen molar-refractivity contribution in [2.24, 2.45) is 4.99 Å². The van der Waals surface area contributed by atoms with Gasteiger partial charge < -0.3 is 25.4 Å². The van der Waals surface area contributed by atoms with Gasteiger partial charge in [0, 0.05) is 18.8 Å². The Labute approximate surface area is 187 Å². The molecule has 0 bridgehead atoms. The normalized spacial score (nSPS) is 11.7. The van der Waals surface area contributed by atoms with Gasteiger partial charge in [-0.2, -0.15) is 0 Å². The van der Waals surface area contributed by atoms with Crippen molar-refractivity contribution in [2.75, 3.05) is 32.6 Å². The molecule has 0 heterocycles. The van der Waals surface area contributed by atoms with Crippen molar-refractivity contribution >= 4 is 41.5 Å². The molecule has 2 aromatic carbocycles. The molecule has 0 saturated heterocycles. The number of hydrogen-bond acceptors (Lipinski definition) is 4. The molecular formula is C20H26FIN4O3. The van der Waals surface area contributed by atoms with Crippen molar-refractivity contribution in [2.45, 2.75) is 13.0 Å². The molecule has 1 amide bonds. The summed E-state index contributed by atoms with van der Waals surface area (Å²) in [5, 5.41) is 8.68. The number of anilines is 1. The molecule has 158 valence electrons. The average molecular weight is 516 g/mol. The zero-order valence-electron chi connectivity index (χ0n) is 16.6. The Kier molecular flexibility index (Phi) is 10.8. The van der Waals surface area contributed by atoms with Gasteiger partial charge in [-0.3, -0.25) is 9.79 Å². The lowest BCUT2D eigenvalue weighted by Crippen LogP contribution is -2.44. The minimum Gasteiger partial charge on any atom is -0.497 e. The molecule has 2 rings (SSSR count). The number of methoxy groups -OCH3 is 1. The van der Waals surface area contributed by atoms with Gasteiger partial charge in [0.25, 0.3) is 0 Å². The number of rotatable bonds is 8. The number of halogens is 2. The summed E-state index contributed by atoms with van der Waals surface area (Å²) in [5.74, 6) is 1.27. The minimum atomic E-state index is -0.356. The van der Waals surface area contributed by atoms with E-state index in [9.17, 15) is 9.18 Å². The first-order chi connectivity index (χ1) is 13.5. The summed E-state index contributed by atoms with van der Waals surface area (Å²) in [6.07, 6.45) is -0.140. The number of nitrogens with zero attached hydrogens (tertiary/aromatic N) is 1. The minimum absolute atomic E-state index is 0. The highest BCUT2D eigenvalue weighted by atomic mass is 127. The number of carbonyl (C=O) groups is 1. The van der Waals surface area contributed by atoms with Gasteiger partial charge in [0.05, 0.1) is 20.2 Å². The van der Waals surface area contributed by atoms with Gasteiger partial charge in [0.2, 0.25) is 5.91 Å². The molecule has 2 aromatic rings. The van der Waals surface area contributed by atoms with E-state index < -0.39 is 0 Å². The second-order valence-electron chi connectivity index (χ2n) is 5.97. The Morgan fingerprint density at radius 2 is 1.83 bits per heavy atom. The van der Waals surface area contributed by atoms with E-state index in [-0.39, 0.29) is 48.3 Å². The Morgan fingerprint density at radius 3 is 2.48 bits per heavy atom. The molecule has 0 aliphatic carbocycles. The quantitative estimate of drug-likeness (QED) is 0.286. The van der Waals surface area contributed by atoms with Crippen LogP contribution < -0.4 is 25.4 Å². The lowest BCUT2D eigenvalue weighted by atomic mass is 10.3. The van der Waals surface area contributed by atoms with E-state index >= 15 is 0 Å². The van der Waals surface area contributed by atoms with Crippen LogP contribution in [0.5, 0.6) is 11.5 Å². The van der Waals surface area contributed by atoms with E-state index in [2.05, 4.69) is 20.9 Å². The number of guanidine groups is 1. The number of carbonyl (C=O) groups excluding carboxylic acids is 1. The van der Waals surface area contributed by atoms with Crippen molar-refractivity contribution in [3.63, 3.8) is 0 Å². The fourth-order valence-corrected chi connectivity index (χ4v) is 2.31. The summed E-state index contributed by atoms with van der Waals surface area (Å²) in [4.78, 5) is 16.0. The van der Waals surface area contributed by atoms with E-state index in [4.69, 9.17) is 9.47 Å². The molecule has 0 fully saturated rings. The third-order valence-electron chi connectivity index (χ3n) is 3.70. The topological polar surface area (TPSA) is 84.0 Å². The fourth-order valence-electron chi connectivity index (χ4n) is 2.31. The van der Waals surface area contributed by atoms with Crippen molar-refractivity contribution in [1.82, 2.24) is 10.6 Å². The van der Waals surface area contributed by atoms with Gasteiger partial charge in [-0.25, -0.2) is 4.39 Å². The van der Waals surface area contributed by atoms with Gasteiger partial charge in [-0.15, -0.1) is 24.0 Å². The second-order valence-corrected chi connectivity index (χ2v) is 5.97. The number of benzene rings is 2. The second kappa shape index (κ2) is 12.8. The van der Waals surface area contributed by atoms with Gasteiger partial charge in [0.1, 0.15) is 23.4 Å². The van der Waals surface area contributed by atoms with Crippen LogP contribution in [-0.2, 0) is 4.79 Å². The lowest BCUT2D eigenvalue weighted by Gasteiger charge is -2.18. The molecule has 7 nitrogen and oxygen atoms in total. The molecule has 0 aliphatic rings. The molecule has 1 unspecified atom stereocenters. The Balaban J connectivity index is 0.00000420. The first kappa shape index (κ1) is 24.5. The summed E-state index contributed by atoms with van der Waals surface area (Å²) in [6, 6.07) is 12.9. The monoisotopic (exact) mass is 516 g/mol. The van der Waals surface area contributed by atoms with E-state index in [1.807, 2.05) is 31.2 Å². The smallest absolute Gasteiger partial charge is 0.243 e. The highest BCUT2D eigenvalue weighted by Gasteiger charge is 2.08. The predicted octanol–water partition coefficient (Wildman–Crippen LogP) is 3.02. The van der Waals surface area contributed by atoms with Crippen LogP contribution in [0.2, 0.25) is 0 Å². The first-order valence-electron chi connectivity index (χ1n) is 8.81. The summed E-state index contributed by atoms with van der Waals surface area (Å²) in [5.41, 5.74) is 0.524. The zero-order chi connectivity index (χ0) is 20.4. The lowest BCUT2D eigenvalue weighted by molar-refractivity contribution is -0.115. The number of ether oxygens (including phenoxy) is 2. The molecule has 0 radical (unpaired) electrons. The summed E-state index contributed by atoms with van der Waals surface area (Å²) >= 11 is 0. The largest absolute Gasteiger partial charge is 0.497 e. The number of nitrogens with one attached hydrogen (secondary N) is 3. The molecule has 9 heteroatoms. The number of hydrogen-bond donors (Lipinski definition) is 3. The maximum atomic E-state index is 12.9. The summed E-state index contributed by atoms with van der Waals surface area (Å²) in [7, 11) is 3.22. The number of amides is 1. The summed E-state index contributed by atoms with van der Waals surface area (Å²) < 4.78 is 23.9. The van der Waals surface area contributed by atoms with Gasteiger partial charge in [-0.05, 0) is 43.3 Å². The van der Waals surface area contributed by atoms with Crippen molar-refractivity contribution in [1.29, 1.82) is 0 Å². The molecule has 0 saturated carbocycles. The van der Waals surface area contributed by atoms with Crippen LogP contribution >= 0.6 is 24.0 Å². The molecule has 29 heavy (non-hydrogen) atoms. The summed E-state index contributed by atoms with van der Waals surface area (Å²) in [6.45, 7) is 2.42. The Hall–Kier alpha value is -2.56. The van der Waals surface area contributed by atoms with E-state index in [0.29, 0.717) is 23.9 Å². The maximum Gasteiger partial charge on any atom is 0.243 e. The molecule has 3 N–H and O–H groups in total. The molecular weight excluding hydrogens is 490 g/mol. The van der Waals surface area contributed by atoms with E-state index in [1.54, 1.807) is 14.2 Å². The zero-order valence-corrected chi connectivity index (χ0v) is 18.9. The van der Waals surface area contributed by atoms with Gasteiger partial charge in [-0.1, -0.05) is 6.07 Å². The van der Waals surface area contributed by atoms with Gasteiger partial charge >= 0.3 is 0 Å². The molecule has 1 atom stereocenters. The van der Waals surface area contributed by atoms with Crippen LogP contribution in [0.3, 0.4) is 0 Å². The maximum absolute atomic E-state index is 12.9. The highest BCUT2D eigenvalue weighted by molar-refractivity contribution is 14.0. The standard InChI is InChI=1S/C20H25FN4O3.HI/c1-14(28-18-6-4-5-17(11-18)27-3)12-23-20(22-2)24-13-19(26)25-16-9-7-15(21)8-10-16;/h4-11,14H,12-13H2,1-3H3,(H,25,26)(H2,22,23,24);1H. The van der Waals surface area contributed by atoms with Crippen molar-refractivity contribution in [3.05, 3.63) is 54.3 Å². The fraction of sp³-hybridized carbons (Fsp3) is 0.300. The highest BCUT2D eigenvalue weighted by Crippen LogP contribution is 2.19. The van der Waals surface area contributed by atoms with Crippen LogP contribution in [0.1, 0.15) is 6.92 Å². The molecule has 0 spiro atoms. The van der Waals surface area contributed by atoms with Crippen LogP contribution in [0.25, 0.3) is 0 Å². The molecule has 0 aromatic heterocycles. The number of aliphatic imine (C=N–C) groups is 1. The Morgan fingerprint density at radius 1 is 1.14 bits per heavy atom. The van der Waals surface area contributed by atoms with Crippen molar-refractivity contribution < 1.29 is 18.7 Å². The Bertz CT molecular complexity index is 803. The van der Waals surface area contributed by atoms with Crippen LogP contribution in [0.4, 0.5) is 10.1 Å². The van der Waals surface area contributed by atoms with Crippen molar-refractivity contribution in [3.8, 4) is 11.5 Å². The van der Waals surface area contributed by atoms with Crippen LogP contribution in [0.15, 0.2) is 53.5 Å². The first-order valence-corrected chi connectivity index (χ1v) is 8.81. The van der Waals surface area contributed by atoms with Crippen LogP contribution in [-0.4, -0.2) is 45.2 Å². The predicted molar refractivity (Wildman–Crippen MR) is 123 cm³/mol. The third kappa shape index (κ3) is 8.99. The van der Waals surface area contributed by atoms with Crippen LogP contribution in [0, 0.1) is 5.82 Å².